The van der Waals surface area contributed by atoms with Crippen LogP contribution in [0.4, 0.5) is 5.69 Å². The van der Waals surface area contributed by atoms with Crippen molar-refractivity contribution in [1.29, 1.82) is 0 Å². The van der Waals surface area contributed by atoms with Crippen molar-refractivity contribution in [2.45, 2.75) is 31.3 Å². The van der Waals surface area contributed by atoms with Gasteiger partial charge in [-0.1, -0.05) is 12.1 Å². The van der Waals surface area contributed by atoms with Crippen molar-refractivity contribution in [2.24, 2.45) is 0 Å². The molecule has 2 aliphatic rings. The van der Waals surface area contributed by atoms with E-state index in [0.717, 1.165) is 29.1 Å². The summed E-state index contributed by atoms with van der Waals surface area (Å²) in [5, 5.41) is 4.94. The number of hydrogen-bond donors (Lipinski definition) is 1. The zero-order chi connectivity index (χ0) is 13.5. The Balaban J connectivity index is 1.61. The van der Waals surface area contributed by atoms with E-state index in [0.29, 0.717) is 6.04 Å². The van der Waals surface area contributed by atoms with Gasteiger partial charge >= 0.3 is 0 Å². The SMILES string of the molecule is Brc1cnc2c(N3CCC(NC4CC4)C3)cccc2c1. The average molecular weight is 332 g/mol. The van der Waals surface area contributed by atoms with Crippen LogP contribution in [0.3, 0.4) is 0 Å². The third-order valence-corrected chi connectivity index (χ3v) is 4.67. The van der Waals surface area contributed by atoms with E-state index < -0.39 is 0 Å². The lowest BCUT2D eigenvalue weighted by Gasteiger charge is -2.20. The molecule has 1 N–H and O–H groups in total. The zero-order valence-corrected chi connectivity index (χ0v) is 12.9. The number of anilines is 1. The third-order valence-electron chi connectivity index (χ3n) is 4.23. The monoisotopic (exact) mass is 331 g/mol. The van der Waals surface area contributed by atoms with Crippen molar-refractivity contribution in [3.63, 3.8) is 0 Å². The van der Waals surface area contributed by atoms with Gasteiger partial charge in [-0.05, 0) is 47.3 Å². The van der Waals surface area contributed by atoms with Crippen LogP contribution in [0.25, 0.3) is 10.9 Å². The number of nitrogens with one attached hydrogen (secondary N) is 1. The normalized spacial score (nSPS) is 22.6. The summed E-state index contributed by atoms with van der Waals surface area (Å²) in [6.45, 7) is 2.23. The van der Waals surface area contributed by atoms with Crippen molar-refractivity contribution < 1.29 is 0 Å². The number of fused-ring (bicyclic) bond motifs is 1. The minimum Gasteiger partial charge on any atom is -0.368 e. The molecule has 3 nitrogen and oxygen atoms in total. The fourth-order valence-electron chi connectivity index (χ4n) is 3.07. The molecule has 0 amide bonds. The van der Waals surface area contributed by atoms with Gasteiger partial charge in [-0.25, -0.2) is 0 Å². The predicted octanol–water partition coefficient (Wildman–Crippen LogP) is 3.33. The highest BCUT2D eigenvalue weighted by molar-refractivity contribution is 9.10. The molecule has 104 valence electrons. The molecule has 2 fully saturated rings. The summed E-state index contributed by atoms with van der Waals surface area (Å²) >= 11 is 3.50. The molecule has 2 heterocycles. The maximum absolute atomic E-state index is 4.61. The average Bonchev–Trinajstić information content (AvgIpc) is 3.14. The minimum absolute atomic E-state index is 0.646. The van der Waals surface area contributed by atoms with Gasteiger partial charge in [0.05, 0.1) is 11.2 Å². The summed E-state index contributed by atoms with van der Waals surface area (Å²) in [6, 6.07) is 10.0. The molecule has 0 bridgehead atoms. The van der Waals surface area contributed by atoms with Gasteiger partial charge < -0.3 is 10.2 Å². The van der Waals surface area contributed by atoms with Gasteiger partial charge in [-0.15, -0.1) is 0 Å². The summed E-state index contributed by atoms with van der Waals surface area (Å²) in [4.78, 5) is 7.09. The lowest BCUT2D eigenvalue weighted by atomic mass is 10.2. The van der Waals surface area contributed by atoms with Gasteiger partial charge in [-0.2, -0.15) is 0 Å². The fourth-order valence-corrected chi connectivity index (χ4v) is 3.42. The standard InChI is InChI=1S/C16H18BrN3/c17-12-8-11-2-1-3-15(16(11)18-9-12)20-7-6-14(10-20)19-13-4-5-13/h1-3,8-9,13-14,19H,4-7,10H2. The van der Waals surface area contributed by atoms with Crippen LogP contribution in [-0.4, -0.2) is 30.2 Å². The quantitative estimate of drug-likeness (QED) is 0.935. The molecule has 1 aliphatic carbocycles. The van der Waals surface area contributed by atoms with Crippen LogP contribution >= 0.6 is 15.9 Å². The molecule has 0 radical (unpaired) electrons. The second-order valence-electron chi connectivity index (χ2n) is 5.87. The lowest BCUT2D eigenvalue weighted by molar-refractivity contribution is 0.548. The van der Waals surface area contributed by atoms with Crippen molar-refractivity contribution in [2.75, 3.05) is 18.0 Å². The molecular formula is C16H18BrN3. The first-order valence-electron chi connectivity index (χ1n) is 7.35. The van der Waals surface area contributed by atoms with Crippen LogP contribution < -0.4 is 10.2 Å². The van der Waals surface area contributed by atoms with Crippen molar-refractivity contribution in [3.8, 4) is 0 Å². The third kappa shape index (κ3) is 2.42. The molecular weight excluding hydrogens is 314 g/mol. The summed E-state index contributed by atoms with van der Waals surface area (Å²) in [6.07, 6.45) is 5.85. The lowest BCUT2D eigenvalue weighted by Crippen LogP contribution is -2.34. The van der Waals surface area contributed by atoms with Crippen molar-refractivity contribution in [1.82, 2.24) is 10.3 Å². The van der Waals surface area contributed by atoms with Crippen LogP contribution in [0.1, 0.15) is 19.3 Å². The van der Waals surface area contributed by atoms with Gasteiger partial charge in [-0.3, -0.25) is 4.98 Å². The Hall–Kier alpha value is -1.13. The molecule has 1 unspecified atom stereocenters. The molecule has 1 atom stereocenters. The molecule has 2 aromatic rings. The molecule has 4 rings (SSSR count). The van der Waals surface area contributed by atoms with Crippen molar-refractivity contribution in [3.05, 3.63) is 34.9 Å². The number of rotatable bonds is 3. The van der Waals surface area contributed by atoms with E-state index in [1.54, 1.807) is 0 Å². The predicted molar refractivity (Wildman–Crippen MR) is 86.2 cm³/mol. The smallest absolute Gasteiger partial charge is 0.0936 e. The zero-order valence-electron chi connectivity index (χ0n) is 11.3. The van der Waals surface area contributed by atoms with Gasteiger partial charge in [0.1, 0.15) is 0 Å². The second-order valence-corrected chi connectivity index (χ2v) is 6.79. The molecule has 1 aromatic carbocycles. The summed E-state index contributed by atoms with van der Waals surface area (Å²) in [5.41, 5.74) is 2.39. The highest BCUT2D eigenvalue weighted by Gasteiger charge is 2.29. The Morgan fingerprint density at radius 1 is 1.20 bits per heavy atom. The van der Waals surface area contributed by atoms with Gasteiger partial charge in [0, 0.05) is 41.2 Å². The fraction of sp³-hybridized carbons (Fsp3) is 0.438. The second kappa shape index (κ2) is 5.01. The van der Waals surface area contributed by atoms with Crippen LogP contribution in [0.15, 0.2) is 34.9 Å². The number of benzene rings is 1. The van der Waals surface area contributed by atoms with E-state index in [9.17, 15) is 0 Å². The Morgan fingerprint density at radius 2 is 2.10 bits per heavy atom. The van der Waals surface area contributed by atoms with Gasteiger partial charge in [0.2, 0.25) is 0 Å². The summed E-state index contributed by atoms with van der Waals surface area (Å²) in [5.74, 6) is 0. The molecule has 1 aromatic heterocycles. The Labute approximate surface area is 127 Å². The van der Waals surface area contributed by atoms with E-state index in [1.807, 2.05) is 6.20 Å². The number of halogens is 1. The molecule has 1 saturated carbocycles. The van der Waals surface area contributed by atoms with Crippen LogP contribution in [-0.2, 0) is 0 Å². The number of para-hydroxylation sites is 1. The molecule has 4 heteroatoms. The van der Waals surface area contributed by atoms with E-state index in [2.05, 4.69) is 55.4 Å². The topological polar surface area (TPSA) is 28.2 Å². The number of aromatic nitrogens is 1. The summed E-state index contributed by atoms with van der Waals surface area (Å²) < 4.78 is 1.04. The van der Waals surface area contributed by atoms with Crippen LogP contribution in [0, 0.1) is 0 Å². The minimum atomic E-state index is 0.646. The van der Waals surface area contributed by atoms with E-state index in [-0.39, 0.29) is 0 Å². The van der Waals surface area contributed by atoms with E-state index in [1.165, 1.54) is 30.3 Å². The first kappa shape index (κ1) is 12.6. The number of hydrogen-bond acceptors (Lipinski definition) is 3. The van der Waals surface area contributed by atoms with Crippen LogP contribution in [0.5, 0.6) is 0 Å². The van der Waals surface area contributed by atoms with Crippen LogP contribution in [0.2, 0.25) is 0 Å². The Morgan fingerprint density at radius 3 is 2.95 bits per heavy atom. The van der Waals surface area contributed by atoms with E-state index >= 15 is 0 Å². The Kier molecular flexibility index (Phi) is 3.15. The first-order chi connectivity index (χ1) is 9.79. The highest BCUT2D eigenvalue weighted by atomic mass is 79.9. The molecule has 1 saturated heterocycles. The molecule has 0 spiro atoms. The maximum Gasteiger partial charge on any atom is 0.0936 e. The molecule has 1 aliphatic heterocycles. The number of pyridine rings is 1. The van der Waals surface area contributed by atoms with Crippen molar-refractivity contribution >= 4 is 32.5 Å². The van der Waals surface area contributed by atoms with Gasteiger partial charge in [0.25, 0.3) is 0 Å². The largest absolute Gasteiger partial charge is 0.368 e. The number of nitrogens with zero attached hydrogens (tertiary/aromatic N) is 2. The Bertz CT molecular complexity index is 639. The first-order valence-corrected chi connectivity index (χ1v) is 8.14. The van der Waals surface area contributed by atoms with Gasteiger partial charge in [0.15, 0.2) is 0 Å². The van der Waals surface area contributed by atoms with E-state index in [4.69, 9.17) is 0 Å². The molecule has 20 heavy (non-hydrogen) atoms. The maximum atomic E-state index is 4.61. The summed E-state index contributed by atoms with van der Waals surface area (Å²) in [7, 11) is 0. The highest BCUT2D eigenvalue weighted by Crippen LogP contribution is 2.30.